The van der Waals surface area contributed by atoms with Gasteiger partial charge in [0.05, 0.1) is 19.1 Å². The fraction of sp³-hybridized carbons (Fsp3) is 0.917. The molecule has 1 aliphatic heterocycles. The second-order valence-electron chi connectivity index (χ2n) is 4.51. The van der Waals surface area contributed by atoms with E-state index in [2.05, 4.69) is 11.6 Å². The van der Waals surface area contributed by atoms with Crippen molar-refractivity contribution in [1.29, 1.82) is 0 Å². The first-order valence-electron chi connectivity index (χ1n) is 6.35. The van der Waals surface area contributed by atoms with Crippen molar-refractivity contribution < 1.29 is 9.53 Å². The average molecular weight is 260 g/mol. The van der Waals surface area contributed by atoms with Gasteiger partial charge >= 0.3 is 0 Å². The summed E-state index contributed by atoms with van der Waals surface area (Å²) in [7, 11) is 0. The van der Waals surface area contributed by atoms with Crippen LogP contribution in [0.1, 0.15) is 25.7 Å². The number of hydrogen-bond donors (Lipinski definition) is 2. The molecule has 0 aromatic heterocycles. The average Bonchev–Trinajstić information content (AvgIpc) is 2.74. The van der Waals surface area contributed by atoms with Crippen molar-refractivity contribution in [2.75, 3.05) is 31.8 Å². The lowest BCUT2D eigenvalue weighted by Crippen LogP contribution is -2.41. The van der Waals surface area contributed by atoms with Crippen LogP contribution in [0.2, 0.25) is 0 Å². The van der Waals surface area contributed by atoms with Gasteiger partial charge in [-0.15, -0.1) is 0 Å². The lowest BCUT2D eigenvalue weighted by Gasteiger charge is -2.13. The van der Waals surface area contributed by atoms with Gasteiger partial charge in [-0.1, -0.05) is 12.8 Å². The molecule has 1 fully saturated rings. The zero-order valence-electron chi connectivity index (χ0n) is 10.6. The van der Waals surface area contributed by atoms with Gasteiger partial charge < -0.3 is 15.8 Å². The second-order valence-corrected chi connectivity index (χ2v) is 5.49. The highest BCUT2D eigenvalue weighted by atomic mass is 32.2. The Hall–Kier alpha value is -0.260. The summed E-state index contributed by atoms with van der Waals surface area (Å²) in [6.45, 7) is 1.74. The quantitative estimate of drug-likeness (QED) is 0.639. The Morgan fingerprint density at radius 1 is 1.35 bits per heavy atom. The number of ether oxygens (including phenoxy) is 1. The van der Waals surface area contributed by atoms with Crippen LogP contribution >= 0.6 is 11.8 Å². The minimum atomic E-state index is -0.147. The van der Waals surface area contributed by atoms with Crippen molar-refractivity contribution in [1.82, 2.24) is 5.32 Å². The Bertz CT molecular complexity index is 227. The maximum Gasteiger partial charge on any atom is 0.227 e. The standard InChI is InChI=1S/C12H24N2O2S/c1-17-7-5-3-2-4-6-14-12(15)10-8-16-9-11(10)13/h10-11H,2-9,13H2,1H3,(H,14,15). The zero-order valence-corrected chi connectivity index (χ0v) is 11.4. The molecular weight excluding hydrogens is 236 g/mol. The molecule has 1 aliphatic rings. The maximum atomic E-state index is 11.7. The Morgan fingerprint density at radius 2 is 2.12 bits per heavy atom. The molecule has 1 rings (SSSR count). The molecule has 2 atom stereocenters. The summed E-state index contributed by atoms with van der Waals surface area (Å²) in [5.41, 5.74) is 5.78. The second kappa shape index (κ2) is 8.78. The Kier molecular flexibility index (Phi) is 7.64. The molecule has 0 aromatic rings. The first kappa shape index (κ1) is 14.8. The van der Waals surface area contributed by atoms with Crippen molar-refractivity contribution in [2.24, 2.45) is 11.7 Å². The van der Waals surface area contributed by atoms with Crippen molar-refractivity contribution in [2.45, 2.75) is 31.7 Å². The molecule has 1 saturated heterocycles. The number of unbranched alkanes of at least 4 members (excludes halogenated alkanes) is 3. The van der Waals surface area contributed by atoms with Gasteiger partial charge in [-0.25, -0.2) is 0 Å². The van der Waals surface area contributed by atoms with Gasteiger partial charge in [0.25, 0.3) is 0 Å². The molecule has 0 bridgehead atoms. The van der Waals surface area contributed by atoms with Crippen LogP contribution in [0.4, 0.5) is 0 Å². The van der Waals surface area contributed by atoms with Gasteiger partial charge in [0.15, 0.2) is 0 Å². The number of amides is 1. The van der Waals surface area contributed by atoms with Crippen LogP contribution in [-0.4, -0.2) is 43.7 Å². The van der Waals surface area contributed by atoms with Crippen molar-refractivity contribution in [3.63, 3.8) is 0 Å². The van der Waals surface area contributed by atoms with Gasteiger partial charge in [0, 0.05) is 12.6 Å². The Balaban J connectivity index is 1.97. The predicted molar refractivity (Wildman–Crippen MR) is 72.1 cm³/mol. The summed E-state index contributed by atoms with van der Waals surface area (Å²) in [4.78, 5) is 11.7. The number of hydrogen-bond acceptors (Lipinski definition) is 4. The van der Waals surface area contributed by atoms with Gasteiger partial charge in [-0.3, -0.25) is 4.79 Å². The normalized spacial score (nSPS) is 23.9. The van der Waals surface area contributed by atoms with E-state index >= 15 is 0 Å². The van der Waals surface area contributed by atoms with E-state index in [4.69, 9.17) is 10.5 Å². The van der Waals surface area contributed by atoms with E-state index in [-0.39, 0.29) is 17.9 Å². The van der Waals surface area contributed by atoms with Crippen molar-refractivity contribution >= 4 is 17.7 Å². The molecule has 4 nitrogen and oxygen atoms in total. The maximum absolute atomic E-state index is 11.7. The molecule has 100 valence electrons. The van der Waals surface area contributed by atoms with E-state index in [0.29, 0.717) is 13.2 Å². The third-order valence-corrected chi connectivity index (χ3v) is 3.73. The first-order valence-corrected chi connectivity index (χ1v) is 7.75. The van der Waals surface area contributed by atoms with E-state index < -0.39 is 0 Å². The number of rotatable bonds is 8. The van der Waals surface area contributed by atoms with Crippen LogP contribution in [0.25, 0.3) is 0 Å². The lowest BCUT2D eigenvalue weighted by atomic mass is 10.0. The summed E-state index contributed by atoms with van der Waals surface area (Å²) in [5, 5.41) is 2.94. The highest BCUT2D eigenvalue weighted by molar-refractivity contribution is 7.98. The minimum Gasteiger partial charge on any atom is -0.379 e. The van der Waals surface area contributed by atoms with Gasteiger partial charge in [0.1, 0.15) is 0 Å². The third kappa shape index (κ3) is 5.75. The zero-order chi connectivity index (χ0) is 12.5. The van der Waals surface area contributed by atoms with E-state index in [1.165, 1.54) is 25.0 Å². The van der Waals surface area contributed by atoms with Crippen LogP contribution in [-0.2, 0) is 9.53 Å². The molecule has 1 heterocycles. The van der Waals surface area contributed by atoms with Crippen LogP contribution in [0, 0.1) is 5.92 Å². The fourth-order valence-electron chi connectivity index (χ4n) is 1.91. The number of carbonyl (C=O) groups is 1. The number of nitrogens with two attached hydrogens (primary N) is 1. The van der Waals surface area contributed by atoms with Crippen molar-refractivity contribution in [3.8, 4) is 0 Å². The number of carbonyl (C=O) groups excluding carboxylic acids is 1. The monoisotopic (exact) mass is 260 g/mol. The Morgan fingerprint density at radius 3 is 2.76 bits per heavy atom. The van der Waals surface area contributed by atoms with Crippen molar-refractivity contribution in [3.05, 3.63) is 0 Å². The van der Waals surface area contributed by atoms with Crippen LogP contribution in [0.15, 0.2) is 0 Å². The molecule has 0 radical (unpaired) electrons. The third-order valence-electron chi connectivity index (χ3n) is 3.04. The van der Waals surface area contributed by atoms with E-state index in [1.54, 1.807) is 0 Å². The first-order chi connectivity index (χ1) is 8.25. The van der Waals surface area contributed by atoms with Crippen LogP contribution < -0.4 is 11.1 Å². The summed E-state index contributed by atoms with van der Waals surface area (Å²) in [6, 6.07) is -0.128. The predicted octanol–water partition coefficient (Wildman–Crippen LogP) is 1.000. The molecule has 0 spiro atoms. The summed E-state index contributed by atoms with van der Waals surface area (Å²) in [5.74, 6) is 1.14. The van der Waals surface area contributed by atoms with E-state index in [0.717, 1.165) is 13.0 Å². The molecule has 5 heteroatoms. The van der Waals surface area contributed by atoms with Gasteiger partial charge in [0.2, 0.25) is 5.91 Å². The number of thioether (sulfide) groups is 1. The molecule has 0 aliphatic carbocycles. The number of nitrogens with one attached hydrogen (secondary N) is 1. The smallest absolute Gasteiger partial charge is 0.227 e. The molecular formula is C12H24N2O2S. The molecule has 1 amide bonds. The minimum absolute atomic E-state index is 0.0547. The summed E-state index contributed by atoms with van der Waals surface area (Å²) in [6.07, 6.45) is 6.91. The summed E-state index contributed by atoms with van der Waals surface area (Å²) < 4.78 is 5.17. The van der Waals surface area contributed by atoms with Crippen LogP contribution in [0.5, 0.6) is 0 Å². The van der Waals surface area contributed by atoms with E-state index in [9.17, 15) is 4.79 Å². The molecule has 0 aromatic carbocycles. The molecule has 2 unspecified atom stereocenters. The fourth-order valence-corrected chi connectivity index (χ4v) is 2.40. The summed E-state index contributed by atoms with van der Waals surface area (Å²) >= 11 is 1.89. The molecule has 3 N–H and O–H groups in total. The van der Waals surface area contributed by atoms with Gasteiger partial charge in [-0.2, -0.15) is 11.8 Å². The molecule has 0 saturated carbocycles. The molecule has 17 heavy (non-hydrogen) atoms. The van der Waals surface area contributed by atoms with Gasteiger partial charge in [-0.05, 0) is 24.9 Å². The largest absolute Gasteiger partial charge is 0.379 e. The SMILES string of the molecule is CSCCCCCCNC(=O)C1COCC1N. The lowest BCUT2D eigenvalue weighted by molar-refractivity contribution is -0.125. The highest BCUT2D eigenvalue weighted by Gasteiger charge is 2.30. The van der Waals surface area contributed by atoms with Crippen LogP contribution in [0.3, 0.4) is 0 Å². The van der Waals surface area contributed by atoms with E-state index in [1.807, 2.05) is 11.8 Å². The topological polar surface area (TPSA) is 64.3 Å². The highest BCUT2D eigenvalue weighted by Crippen LogP contribution is 2.11. The Labute approximate surface area is 108 Å².